The molecule has 40 heavy (non-hydrogen) atoms. The zero-order chi connectivity index (χ0) is 28.0. The molecule has 0 atom stereocenters. The Labute approximate surface area is 238 Å². The number of rotatable bonds is 6. The lowest BCUT2D eigenvalue weighted by Crippen LogP contribution is -2.34. The van der Waals surface area contributed by atoms with E-state index in [1.807, 2.05) is 61.3 Å². The molecule has 0 radical (unpaired) electrons. The predicted molar refractivity (Wildman–Crippen MR) is 160 cm³/mol. The molecule has 0 saturated carbocycles. The Bertz CT molecular complexity index is 1970. The van der Waals surface area contributed by atoms with Crippen molar-refractivity contribution >= 4 is 57.1 Å². The standard InChI is InChI=1S/C31H26ClFN4O2S/c1-35(2)13-6-14-36-30(39)27(40-31(36)28-24-16-20(32)11-12-25(24)34-29(28)38)15-19-18-37(22-8-5-7-21(33)17-22)26-10-4-3-9-23(19)26/h3-5,7-12,15-18H,6,13-14H2,1-2H3,(H,34,38). The second-order valence-corrected chi connectivity index (χ2v) is 11.5. The van der Waals surface area contributed by atoms with E-state index in [0.29, 0.717) is 43.3 Å². The predicted octanol–water partition coefficient (Wildman–Crippen LogP) is 4.58. The van der Waals surface area contributed by atoms with Gasteiger partial charge in [-0.15, -0.1) is 11.3 Å². The normalized spacial score (nSPS) is 14.8. The largest absolute Gasteiger partial charge is 0.321 e. The molecule has 0 saturated heterocycles. The number of carbonyl (C=O) groups is 1. The third-order valence-electron chi connectivity index (χ3n) is 6.95. The minimum atomic E-state index is -0.323. The first-order chi connectivity index (χ1) is 19.3. The molecule has 0 spiro atoms. The summed E-state index contributed by atoms with van der Waals surface area (Å²) in [5.41, 5.74) is 4.08. The molecule has 2 aromatic heterocycles. The lowest BCUT2D eigenvalue weighted by Gasteiger charge is -2.09. The number of para-hydroxylation sites is 1. The van der Waals surface area contributed by atoms with Gasteiger partial charge in [0.15, 0.2) is 0 Å². The van der Waals surface area contributed by atoms with Crippen molar-refractivity contribution < 1.29 is 9.18 Å². The summed E-state index contributed by atoms with van der Waals surface area (Å²) in [6.45, 7) is 1.26. The van der Waals surface area contributed by atoms with Crippen molar-refractivity contribution in [1.82, 2.24) is 14.0 Å². The van der Waals surface area contributed by atoms with Crippen LogP contribution in [0, 0.1) is 5.82 Å². The number of benzene rings is 3. The molecule has 0 fully saturated rings. The average molecular weight is 573 g/mol. The van der Waals surface area contributed by atoms with Gasteiger partial charge in [-0.3, -0.25) is 14.2 Å². The number of hydrogen-bond acceptors (Lipinski definition) is 4. The highest BCUT2D eigenvalue weighted by Crippen LogP contribution is 2.32. The first-order valence-electron chi connectivity index (χ1n) is 12.9. The van der Waals surface area contributed by atoms with Gasteiger partial charge < -0.3 is 14.8 Å². The average Bonchev–Trinajstić information content (AvgIpc) is 3.55. The third-order valence-corrected chi connectivity index (χ3v) is 8.32. The second kappa shape index (κ2) is 10.5. The fourth-order valence-corrected chi connectivity index (χ4v) is 6.46. The Kier molecular flexibility index (Phi) is 6.92. The third kappa shape index (κ3) is 4.79. The zero-order valence-corrected chi connectivity index (χ0v) is 23.5. The molecule has 0 aliphatic carbocycles. The minimum absolute atomic E-state index is 0.155. The minimum Gasteiger partial charge on any atom is -0.321 e. The Hall–Kier alpha value is -3.98. The Morgan fingerprint density at radius 1 is 1.05 bits per heavy atom. The summed E-state index contributed by atoms with van der Waals surface area (Å²) in [5.74, 6) is -0.578. The summed E-state index contributed by atoms with van der Waals surface area (Å²) in [4.78, 5) is 29.1. The van der Waals surface area contributed by atoms with E-state index in [1.165, 1.54) is 23.5 Å². The number of thiazole rings is 1. The van der Waals surface area contributed by atoms with E-state index in [2.05, 4.69) is 10.2 Å². The molecule has 6 rings (SSSR count). The van der Waals surface area contributed by atoms with E-state index in [0.717, 1.165) is 29.4 Å². The van der Waals surface area contributed by atoms with Crippen LogP contribution in [0.3, 0.4) is 0 Å². The summed E-state index contributed by atoms with van der Waals surface area (Å²) in [6, 6.07) is 19.5. The highest BCUT2D eigenvalue weighted by molar-refractivity contribution is 7.07. The first-order valence-corrected chi connectivity index (χ1v) is 14.1. The van der Waals surface area contributed by atoms with Crippen molar-refractivity contribution in [3.05, 3.63) is 114 Å². The molecule has 1 aliphatic heterocycles. The number of nitrogens with zero attached hydrogens (tertiary/aromatic N) is 3. The Balaban J connectivity index is 1.59. The summed E-state index contributed by atoms with van der Waals surface area (Å²) in [5, 5.41) is 4.36. The van der Waals surface area contributed by atoms with Crippen LogP contribution in [0.15, 0.2) is 77.7 Å². The number of anilines is 1. The van der Waals surface area contributed by atoms with Crippen molar-refractivity contribution in [2.75, 3.05) is 26.0 Å². The van der Waals surface area contributed by atoms with E-state index in [1.54, 1.807) is 28.8 Å². The highest BCUT2D eigenvalue weighted by Gasteiger charge is 2.27. The number of halogens is 2. The summed E-state index contributed by atoms with van der Waals surface area (Å²) in [7, 11) is 3.98. The molecule has 3 heterocycles. The van der Waals surface area contributed by atoms with Crippen molar-refractivity contribution in [3.63, 3.8) is 0 Å². The van der Waals surface area contributed by atoms with Crippen LogP contribution in [0.2, 0.25) is 5.02 Å². The van der Waals surface area contributed by atoms with Gasteiger partial charge in [-0.25, -0.2) is 4.39 Å². The van der Waals surface area contributed by atoms with Gasteiger partial charge in [-0.05, 0) is 75.6 Å². The van der Waals surface area contributed by atoms with Crippen LogP contribution in [0.4, 0.5) is 10.1 Å². The lowest BCUT2D eigenvalue weighted by atomic mass is 10.1. The Morgan fingerprint density at radius 3 is 2.67 bits per heavy atom. The fourth-order valence-electron chi connectivity index (χ4n) is 5.11. The van der Waals surface area contributed by atoms with Gasteiger partial charge in [0.2, 0.25) is 0 Å². The number of aromatic nitrogens is 2. The van der Waals surface area contributed by atoms with Gasteiger partial charge in [0.25, 0.3) is 11.5 Å². The lowest BCUT2D eigenvalue weighted by molar-refractivity contribution is -0.110. The summed E-state index contributed by atoms with van der Waals surface area (Å²) >= 11 is 7.59. The van der Waals surface area contributed by atoms with Gasteiger partial charge in [0.05, 0.1) is 15.6 Å². The van der Waals surface area contributed by atoms with E-state index < -0.39 is 0 Å². The number of fused-ring (bicyclic) bond motifs is 2. The quantitative estimate of drug-likeness (QED) is 0.324. The molecular weight excluding hydrogens is 547 g/mol. The van der Waals surface area contributed by atoms with Crippen LogP contribution >= 0.6 is 22.9 Å². The Morgan fingerprint density at radius 2 is 1.88 bits per heavy atom. The summed E-state index contributed by atoms with van der Waals surface area (Å²) in [6.07, 6.45) is 4.52. The zero-order valence-electron chi connectivity index (χ0n) is 21.9. The van der Waals surface area contributed by atoms with E-state index in [4.69, 9.17) is 11.6 Å². The van der Waals surface area contributed by atoms with Crippen molar-refractivity contribution in [3.8, 4) is 5.69 Å². The maximum atomic E-state index is 14.1. The molecule has 6 nitrogen and oxygen atoms in total. The SMILES string of the molecule is CN(C)CCCn1c(=C2C(=O)Nc3ccc(Cl)cc32)sc(=Cc2cn(-c3cccc(F)c3)c3ccccc23)c1=O. The van der Waals surface area contributed by atoms with Crippen LogP contribution in [0.5, 0.6) is 0 Å². The van der Waals surface area contributed by atoms with E-state index in [9.17, 15) is 14.0 Å². The fraction of sp³-hybridized carbons (Fsp3) is 0.161. The van der Waals surface area contributed by atoms with Crippen LogP contribution in [-0.4, -0.2) is 40.6 Å². The topological polar surface area (TPSA) is 59.3 Å². The monoisotopic (exact) mass is 572 g/mol. The van der Waals surface area contributed by atoms with Crippen LogP contribution in [0.25, 0.3) is 28.2 Å². The van der Waals surface area contributed by atoms with E-state index >= 15 is 0 Å². The van der Waals surface area contributed by atoms with Crippen LogP contribution in [-0.2, 0) is 11.3 Å². The van der Waals surface area contributed by atoms with Crippen LogP contribution in [0.1, 0.15) is 17.5 Å². The summed E-state index contributed by atoms with van der Waals surface area (Å²) < 4.78 is 18.8. The maximum Gasteiger partial charge on any atom is 0.269 e. The molecule has 5 aromatic rings. The number of nitrogens with one attached hydrogen (secondary N) is 1. The highest BCUT2D eigenvalue weighted by atomic mass is 35.5. The number of carbonyl (C=O) groups excluding carboxylic acids is 1. The molecule has 9 heteroatoms. The maximum absolute atomic E-state index is 14.1. The van der Waals surface area contributed by atoms with Crippen molar-refractivity contribution in [2.24, 2.45) is 0 Å². The van der Waals surface area contributed by atoms with E-state index in [-0.39, 0.29) is 17.3 Å². The van der Waals surface area contributed by atoms with Gasteiger partial charge in [-0.2, -0.15) is 0 Å². The van der Waals surface area contributed by atoms with Crippen molar-refractivity contribution in [1.29, 1.82) is 0 Å². The van der Waals surface area contributed by atoms with Gasteiger partial charge in [0.1, 0.15) is 10.5 Å². The smallest absolute Gasteiger partial charge is 0.269 e. The molecule has 0 unspecified atom stereocenters. The first kappa shape index (κ1) is 26.3. The van der Waals surface area contributed by atoms with Crippen molar-refractivity contribution in [2.45, 2.75) is 13.0 Å². The second-order valence-electron chi connectivity index (χ2n) is 10.00. The molecular formula is C31H26ClFN4O2S. The van der Waals surface area contributed by atoms with Gasteiger partial charge >= 0.3 is 0 Å². The number of hydrogen-bond donors (Lipinski definition) is 1. The van der Waals surface area contributed by atoms with Gasteiger partial charge in [0, 0.05) is 45.7 Å². The molecule has 0 bridgehead atoms. The molecule has 202 valence electrons. The number of amides is 1. The molecule has 1 amide bonds. The van der Waals surface area contributed by atoms with Crippen LogP contribution < -0.4 is 20.1 Å². The molecule has 1 aliphatic rings. The molecule has 3 aromatic carbocycles. The van der Waals surface area contributed by atoms with Gasteiger partial charge in [-0.1, -0.05) is 35.9 Å². The molecule has 1 N–H and O–H groups in total.